The predicted octanol–water partition coefficient (Wildman–Crippen LogP) is 3.05. The van der Waals surface area contributed by atoms with Crippen LogP contribution in [0.4, 0.5) is 22.2 Å². The van der Waals surface area contributed by atoms with E-state index in [4.69, 9.17) is 4.98 Å². The van der Waals surface area contributed by atoms with Crippen molar-refractivity contribution >= 4 is 23.5 Å². The van der Waals surface area contributed by atoms with Crippen molar-refractivity contribution in [2.24, 2.45) is 0 Å². The fourth-order valence-electron chi connectivity index (χ4n) is 3.97. The second kappa shape index (κ2) is 8.04. The summed E-state index contributed by atoms with van der Waals surface area (Å²) < 4.78 is 0. The van der Waals surface area contributed by atoms with E-state index in [9.17, 15) is 4.79 Å². The monoisotopic (exact) mass is 380 g/mol. The van der Waals surface area contributed by atoms with Gasteiger partial charge in [-0.1, -0.05) is 6.07 Å². The van der Waals surface area contributed by atoms with Crippen molar-refractivity contribution in [2.75, 3.05) is 54.4 Å². The summed E-state index contributed by atoms with van der Waals surface area (Å²) in [6.45, 7) is 9.07. The molecule has 2 aliphatic rings. The van der Waals surface area contributed by atoms with E-state index in [1.807, 2.05) is 43.1 Å². The van der Waals surface area contributed by atoms with Crippen LogP contribution in [0.5, 0.6) is 0 Å². The van der Waals surface area contributed by atoms with E-state index in [2.05, 4.69) is 26.2 Å². The molecule has 148 valence electrons. The van der Waals surface area contributed by atoms with Crippen LogP contribution in [0.1, 0.15) is 24.0 Å². The minimum atomic E-state index is -0.0370. The molecule has 4 rings (SSSR count). The SMILES string of the molecule is Cc1cc(C)cc(NC(=O)N2CCN(c3ccnc(N4CCCC4)n3)CC2)c1. The van der Waals surface area contributed by atoms with Crippen molar-refractivity contribution < 1.29 is 4.79 Å². The molecule has 0 radical (unpaired) electrons. The second-order valence-corrected chi connectivity index (χ2v) is 7.69. The van der Waals surface area contributed by atoms with Crippen molar-refractivity contribution in [3.63, 3.8) is 0 Å². The van der Waals surface area contributed by atoms with Crippen molar-refractivity contribution in [3.05, 3.63) is 41.6 Å². The molecule has 2 saturated heterocycles. The lowest BCUT2D eigenvalue weighted by atomic mass is 10.1. The summed E-state index contributed by atoms with van der Waals surface area (Å²) in [7, 11) is 0. The van der Waals surface area contributed by atoms with Gasteiger partial charge in [-0.05, 0) is 56.0 Å². The van der Waals surface area contributed by atoms with E-state index in [-0.39, 0.29) is 6.03 Å². The van der Waals surface area contributed by atoms with Crippen LogP contribution < -0.4 is 15.1 Å². The average Bonchev–Trinajstić information content (AvgIpc) is 3.22. The highest BCUT2D eigenvalue weighted by molar-refractivity contribution is 5.89. The fourth-order valence-corrected chi connectivity index (χ4v) is 3.97. The van der Waals surface area contributed by atoms with Gasteiger partial charge < -0.3 is 20.0 Å². The van der Waals surface area contributed by atoms with Gasteiger partial charge in [0.2, 0.25) is 5.95 Å². The Labute approximate surface area is 166 Å². The molecule has 2 aromatic rings. The highest BCUT2D eigenvalue weighted by Crippen LogP contribution is 2.20. The number of amides is 2. The number of aromatic nitrogens is 2. The molecule has 28 heavy (non-hydrogen) atoms. The molecule has 0 unspecified atom stereocenters. The van der Waals surface area contributed by atoms with Gasteiger partial charge in [0.15, 0.2) is 0 Å². The molecule has 0 atom stereocenters. The van der Waals surface area contributed by atoms with Crippen LogP contribution in [-0.2, 0) is 0 Å². The lowest BCUT2D eigenvalue weighted by Crippen LogP contribution is -2.50. The molecular formula is C21H28N6O. The standard InChI is InChI=1S/C21H28N6O/c1-16-13-17(2)15-18(14-16)23-21(28)27-11-9-25(10-12-27)19-5-6-22-20(24-19)26-7-3-4-8-26/h5-6,13-15H,3-4,7-12H2,1-2H3,(H,23,28). The van der Waals surface area contributed by atoms with E-state index < -0.39 is 0 Å². The van der Waals surface area contributed by atoms with Gasteiger partial charge in [-0.15, -0.1) is 0 Å². The summed E-state index contributed by atoms with van der Waals surface area (Å²) >= 11 is 0. The molecule has 2 aliphatic heterocycles. The molecule has 0 bridgehead atoms. The van der Waals surface area contributed by atoms with Gasteiger partial charge in [0, 0.05) is 51.2 Å². The quantitative estimate of drug-likeness (QED) is 0.887. The van der Waals surface area contributed by atoms with Crippen molar-refractivity contribution in [1.29, 1.82) is 0 Å². The number of piperazine rings is 1. The topological polar surface area (TPSA) is 64.6 Å². The lowest BCUT2D eigenvalue weighted by molar-refractivity contribution is 0.208. The maximum absolute atomic E-state index is 12.6. The first-order valence-corrected chi connectivity index (χ1v) is 10.1. The Hall–Kier alpha value is -2.83. The molecule has 0 spiro atoms. The Balaban J connectivity index is 1.35. The third kappa shape index (κ3) is 4.18. The molecule has 2 fully saturated rings. The van der Waals surface area contributed by atoms with Crippen molar-refractivity contribution in [3.8, 4) is 0 Å². The maximum Gasteiger partial charge on any atom is 0.321 e. The third-order valence-corrected chi connectivity index (χ3v) is 5.38. The molecule has 7 heteroatoms. The van der Waals surface area contributed by atoms with E-state index in [0.717, 1.165) is 54.8 Å². The Morgan fingerprint density at radius 1 is 0.929 bits per heavy atom. The molecule has 1 aromatic carbocycles. The molecule has 0 aliphatic carbocycles. The van der Waals surface area contributed by atoms with E-state index >= 15 is 0 Å². The number of benzene rings is 1. The summed E-state index contributed by atoms with van der Waals surface area (Å²) in [5.41, 5.74) is 3.16. The van der Waals surface area contributed by atoms with Crippen molar-refractivity contribution in [2.45, 2.75) is 26.7 Å². The van der Waals surface area contributed by atoms with Crippen LogP contribution >= 0.6 is 0 Å². The number of anilines is 3. The Kier molecular flexibility index (Phi) is 5.32. The van der Waals surface area contributed by atoms with E-state index in [1.165, 1.54) is 12.8 Å². The molecule has 7 nitrogen and oxygen atoms in total. The predicted molar refractivity (Wildman–Crippen MR) is 112 cm³/mol. The molecule has 3 heterocycles. The van der Waals surface area contributed by atoms with Gasteiger partial charge >= 0.3 is 6.03 Å². The van der Waals surface area contributed by atoms with Gasteiger partial charge in [0.25, 0.3) is 0 Å². The number of nitrogens with one attached hydrogen (secondary N) is 1. The molecule has 2 amide bonds. The average molecular weight is 380 g/mol. The van der Waals surface area contributed by atoms with Crippen LogP contribution in [0, 0.1) is 13.8 Å². The van der Waals surface area contributed by atoms with E-state index in [1.54, 1.807) is 0 Å². The molecule has 1 N–H and O–H groups in total. The Morgan fingerprint density at radius 3 is 2.29 bits per heavy atom. The summed E-state index contributed by atoms with van der Waals surface area (Å²) in [5.74, 6) is 1.77. The van der Waals surface area contributed by atoms with Gasteiger partial charge in [-0.2, -0.15) is 4.98 Å². The number of hydrogen-bond donors (Lipinski definition) is 1. The summed E-state index contributed by atoms with van der Waals surface area (Å²) in [4.78, 5) is 28.2. The minimum absolute atomic E-state index is 0.0370. The smallest absolute Gasteiger partial charge is 0.321 e. The maximum atomic E-state index is 12.6. The molecule has 1 aromatic heterocycles. The van der Waals surface area contributed by atoms with E-state index in [0.29, 0.717) is 13.1 Å². The van der Waals surface area contributed by atoms with Gasteiger partial charge in [0.05, 0.1) is 0 Å². The first-order valence-electron chi connectivity index (χ1n) is 10.1. The Bertz CT molecular complexity index is 820. The minimum Gasteiger partial charge on any atom is -0.353 e. The van der Waals surface area contributed by atoms with Crippen LogP contribution in [-0.4, -0.2) is 60.2 Å². The van der Waals surface area contributed by atoms with Crippen LogP contribution in [0.15, 0.2) is 30.5 Å². The number of urea groups is 1. The zero-order valence-corrected chi connectivity index (χ0v) is 16.7. The van der Waals surface area contributed by atoms with Crippen LogP contribution in [0.3, 0.4) is 0 Å². The number of hydrogen-bond acceptors (Lipinski definition) is 5. The second-order valence-electron chi connectivity index (χ2n) is 7.69. The fraction of sp³-hybridized carbons (Fsp3) is 0.476. The van der Waals surface area contributed by atoms with Gasteiger partial charge in [-0.25, -0.2) is 9.78 Å². The van der Waals surface area contributed by atoms with Crippen LogP contribution in [0.25, 0.3) is 0 Å². The third-order valence-electron chi connectivity index (χ3n) is 5.38. The molecule has 0 saturated carbocycles. The summed E-state index contributed by atoms with van der Waals surface area (Å²) in [5, 5.41) is 3.03. The first kappa shape index (κ1) is 18.5. The number of aryl methyl sites for hydroxylation is 2. The lowest BCUT2D eigenvalue weighted by Gasteiger charge is -2.35. The normalized spacial score (nSPS) is 17.1. The number of carbonyl (C=O) groups is 1. The van der Waals surface area contributed by atoms with Crippen molar-refractivity contribution in [1.82, 2.24) is 14.9 Å². The number of nitrogens with zero attached hydrogens (tertiary/aromatic N) is 5. The number of rotatable bonds is 3. The van der Waals surface area contributed by atoms with Gasteiger partial charge in [-0.3, -0.25) is 0 Å². The largest absolute Gasteiger partial charge is 0.353 e. The highest BCUT2D eigenvalue weighted by atomic mass is 16.2. The summed E-state index contributed by atoms with van der Waals surface area (Å²) in [6.07, 6.45) is 4.26. The zero-order valence-electron chi connectivity index (χ0n) is 16.7. The molecular weight excluding hydrogens is 352 g/mol. The summed E-state index contributed by atoms with van der Waals surface area (Å²) in [6, 6.07) is 8.03. The van der Waals surface area contributed by atoms with Crippen LogP contribution in [0.2, 0.25) is 0 Å². The first-order chi connectivity index (χ1) is 13.6. The zero-order chi connectivity index (χ0) is 19.5. The van der Waals surface area contributed by atoms with Gasteiger partial charge in [0.1, 0.15) is 5.82 Å². The highest BCUT2D eigenvalue weighted by Gasteiger charge is 2.23. The number of carbonyl (C=O) groups excluding carboxylic acids is 1. The Morgan fingerprint density at radius 2 is 1.61 bits per heavy atom.